The van der Waals surface area contributed by atoms with Gasteiger partial charge in [0.15, 0.2) is 0 Å². The van der Waals surface area contributed by atoms with Crippen LogP contribution in [0.15, 0.2) is 24.3 Å². The van der Waals surface area contributed by atoms with Gasteiger partial charge in [-0.2, -0.15) is 0 Å². The van der Waals surface area contributed by atoms with Gasteiger partial charge < -0.3 is 10.4 Å². The summed E-state index contributed by atoms with van der Waals surface area (Å²) >= 11 is 0. The lowest BCUT2D eigenvalue weighted by molar-refractivity contribution is -0.137. The molecule has 2 N–H and O–H groups in total. The van der Waals surface area contributed by atoms with Crippen molar-refractivity contribution in [1.82, 2.24) is 5.32 Å². The van der Waals surface area contributed by atoms with Crippen LogP contribution in [-0.4, -0.2) is 29.7 Å². The molecule has 1 aromatic carbocycles. The zero-order valence-corrected chi connectivity index (χ0v) is 8.89. The van der Waals surface area contributed by atoms with E-state index in [9.17, 15) is 14.0 Å². The second-order valence-corrected chi connectivity index (χ2v) is 3.83. The molecule has 0 aromatic heterocycles. The van der Waals surface area contributed by atoms with Crippen LogP contribution in [0.4, 0.5) is 14.9 Å². The first kappa shape index (κ1) is 11.4. The van der Waals surface area contributed by atoms with Crippen molar-refractivity contribution in [3.63, 3.8) is 0 Å². The molecule has 1 atom stereocenters. The second-order valence-electron chi connectivity index (χ2n) is 3.83. The third kappa shape index (κ3) is 2.52. The van der Waals surface area contributed by atoms with Crippen molar-refractivity contribution in [2.24, 2.45) is 0 Å². The molecule has 0 radical (unpaired) electrons. The van der Waals surface area contributed by atoms with E-state index < -0.39 is 12.0 Å². The molecule has 0 spiro atoms. The SMILES string of the molecule is O=C(O)CC1CN(c2ccc(F)cc2)C(=O)N1. The Morgan fingerprint density at radius 3 is 2.71 bits per heavy atom. The standard InChI is InChI=1S/C11H11FN2O3/c12-7-1-3-9(4-2-7)14-6-8(5-10(15)16)13-11(14)17/h1-4,8H,5-6H2,(H,13,17)(H,15,16). The van der Waals surface area contributed by atoms with Crippen molar-refractivity contribution in [2.45, 2.75) is 12.5 Å². The first-order valence-corrected chi connectivity index (χ1v) is 5.11. The van der Waals surface area contributed by atoms with Gasteiger partial charge in [0, 0.05) is 12.2 Å². The normalized spacial score (nSPS) is 19.2. The molecule has 1 aliphatic rings. The van der Waals surface area contributed by atoms with E-state index in [-0.39, 0.29) is 24.8 Å². The number of hydrogen-bond acceptors (Lipinski definition) is 2. The summed E-state index contributed by atoms with van der Waals surface area (Å²) in [6.07, 6.45) is -0.122. The van der Waals surface area contributed by atoms with Gasteiger partial charge in [-0.15, -0.1) is 0 Å². The highest BCUT2D eigenvalue weighted by atomic mass is 19.1. The van der Waals surface area contributed by atoms with Crippen LogP contribution in [0, 0.1) is 5.82 Å². The summed E-state index contributed by atoms with van der Waals surface area (Å²) in [5.74, 6) is -1.34. The number of carboxylic acid groups (broad SMARTS) is 1. The monoisotopic (exact) mass is 238 g/mol. The molecule has 1 aliphatic heterocycles. The van der Waals surface area contributed by atoms with Crippen LogP contribution < -0.4 is 10.2 Å². The number of hydrogen-bond donors (Lipinski definition) is 2. The van der Waals surface area contributed by atoms with Crippen molar-refractivity contribution >= 4 is 17.7 Å². The minimum Gasteiger partial charge on any atom is -0.481 e. The van der Waals surface area contributed by atoms with Crippen LogP contribution in [0.2, 0.25) is 0 Å². The Kier molecular flexibility index (Phi) is 2.95. The predicted molar refractivity (Wildman–Crippen MR) is 58.3 cm³/mol. The number of carboxylic acids is 1. The number of nitrogens with zero attached hydrogens (tertiary/aromatic N) is 1. The second kappa shape index (κ2) is 4.40. The van der Waals surface area contributed by atoms with Gasteiger partial charge in [0.1, 0.15) is 5.82 Å². The van der Waals surface area contributed by atoms with E-state index in [4.69, 9.17) is 5.11 Å². The number of rotatable bonds is 3. The van der Waals surface area contributed by atoms with Gasteiger partial charge in [-0.05, 0) is 24.3 Å². The van der Waals surface area contributed by atoms with Crippen molar-refractivity contribution < 1.29 is 19.1 Å². The molecule has 5 nitrogen and oxygen atoms in total. The molecule has 1 aromatic rings. The number of halogens is 1. The molecule has 1 saturated heterocycles. The number of carbonyl (C=O) groups is 2. The summed E-state index contributed by atoms with van der Waals surface area (Å²) in [4.78, 5) is 23.5. The Balaban J connectivity index is 2.10. The average molecular weight is 238 g/mol. The zero-order chi connectivity index (χ0) is 12.4. The first-order valence-electron chi connectivity index (χ1n) is 5.11. The van der Waals surface area contributed by atoms with Gasteiger partial charge in [-0.3, -0.25) is 9.69 Å². The highest BCUT2D eigenvalue weighted by Gasteiger charge is 2.30. The fourth-order valence-electron chi connectivity index (χ4n) is 1.77. The Morgan fingerprint density at radius 1 is 1.47 bits per heavy atom. The van der Waals surface area contributed by atoms with Crippen LogP contribution in [0.25, 0.3) is 0 Å². The van der Waals surface area contributed by atoms with E-state index in [0.717, 1.165) is 0 Å². The topological polar surface area (TPSA) is 69.6 Å². The van der Waals surface area contributed by atoms with Crippen LogP contribution in [0.5, 0.6) is 0 Å². The van der Waals surface area contributed by atoms with Gasteiger partial charge in [0.25, 0.3) is 0 Å². The Labute approximate surface area is 96.8 Å². The van der Waals surface area contributed by atoms with E-state index in [0.29, 0.717) is 5.69 Å². The third-order valence-corrected chi connectivity index (χ3v) is 2.54. The largest absolute Gasteiger partial charge is 0.481 e. The van der Waals surface area contributed by atoms with E-state index in [1.807, 2.05) is 0 Å². The van der Waals surface area contributed by atoms with E-state index in [1.165, 1.54) is 29.2 Å². The highest BCUT2D eigenvalue weighted by Crippen LogP contribution is 2.19. The Hall–Kier alpha value is -2.11. The van der Waals surface area contributed by atoms with Gasteiger partial charge in [0.2, 0.25) is 0 Å². The minimum absolute atomic E-state index is 0.122. The number of nitrogens with one attached hydrogen (secondary N) is 1. The molecule has 1 fully saturated rings. The third-order valence-electron chi connectivity index (χ3n) is 2.54. The number of carbonyl (C=O) groups excluding carboxylic acids is 1. The molecule has 2 rings (SSSR count). The smallest absolute Gasteiger partial charge is 0.322 e. The Morgan fingerprint density at radius 2 is 2.12 bits per heavy atom. The lowest BCUT2D eigenvalue weighted by Crippen LogP contribution is -2.29. The first-order chi connectivity index (χ1) is 8.06. The maximum absolute atomic E-state index is 12.7. The van der Waals surface area contributed by atoms with Crippen molar-refractivity contribution in [1.29, 1.82) is 0 Å². The average Bonchev–Trinajstić information content (AvgIpc) is 2.59. The quantitative estimate of drug-likeness (QED) is 0.831. The van der Waals surface area contributed by atoms with Gasteiger partial charge >= 0.3 is 12.0 Å². The highest BCUT2D eigenvalue weighted by molar-refractivity contribution is 5.95. The van der Waals surface area contributed by atoms with Gasteiger partial charge in [-0.1, -0.05) is 0 Å². The summed E-state index contributed by atoms with van der Waals surface area (Å²) in [6.45, 7) is 0.275. The molecule has 6 heteroatoms. The lowest BCUT2D eigenvalue weighted by Gasteiger charge is -2.14. The molecule has 0 bridgehead atoms. The molecule has 1 heterocycles. The number of amides is 2. The lowest BCUT2D eigenvalue weighted by atomic mass is 10.2. The molecular formula is C11H11FN2O3. The van der Waals surface area contributed by atoms with Gasteiger partial charge in [-0.25, -0.2) is 9.18 Å². The number of aliphatic carboxylic acids is 1. The summed E-state index contributed by atoms with van der Waals surface area (Å²) < 4.78 is 12.7. The molecule has 0 aliphatic carbocycles. The van der Waals surface area contributed by atoms with Crippen LogP contribution in [0.1, 0.15) is 6.42 Å². The fraction of sp³-hybridized carbons (Fsp3) is 0.273. The maximum Gasteiger partial charge on any atom is 0.322 e. The van der Waals surface area contributed by atoms with E-state index in [1.54, 1.807) is 0 Å². The molecule has 2 amide bonds. The number of benzene rings is 1. The van der Waals surface area contributed by atoms with Gasteiger partial charge in [0.05, 0.1) is 12.5 Å². The van der Waals surface area contributed by atoms with Crippen molar-refractivity contribution in [3.05, 3.63) is 30.1 Å². The van der Waals surface area contributed by atoms with Crippen LogP contribution in [0.3, 0.4) is 0 Å². The van der Waals surface area contributed by atoms with Crippen molar-refractivity contribution in [3.8, 4) is 0 Å². The zero-order valence-electron chi connectivity index (χ0n) is 8.89. The summed E-state index contributed by atoms with van der Waals surface area (Å²) in [5.41, 5.74) is 0.553. The molecule has 0 saturated carbocycles. The molecule has 90 valence electrons. The number of anilines is 1. The predicted octanol–water partition coefficient (Wildman–Crippen LogP) is 1.20. The van der Waals surface area contributed by atoms with Crippen molar-refractivity contribution in [2.75, 3.05) is 11.4 Å². The van der Waals surface area contributed by atoms with Crippen LogP contribution >= 0.6 is 0 Å². The molecular weight excluding hydrogens is 227 g/mol. The van der Waals surface area contributed by atoms with E-state index >= 15 is 0 Å². The maximum atomic E-state index is 12.7. The number of urea groups is 1. The summed E-state index contributed by atoms with van der Waals surface area (Å²) in [7, 11) is 0. The summed E-state index contributed by atoms with van der Waals surface area (Å²) in [5, 5.41) is 11.2. The Bertz CT molecular complexity index is 447. The fourth-order valence-corrected chi connectivity index (χ4v) is 1.77. The molecule has 1 unspecified atom stereocenters. The van der Waals surface area contributed by atoms with E-state index in [2.05, 4.69) is 5.32 Å². The molecule has 17 heavy (non-hydrogen) atoms. The minimum atomic E-state index is -0.962. The van der Waals surface area contributed by atoms with Crippen LogP contribution in [-0.2, 0) is 4.79 Å². The summed E-state index contributed by atoms with van der Waals surface area (Å²) in [6, 6.07) is 4.71.